The fourth-order valence-corrected chi connectivity index (χ4v) is 3.51. The molecular weight excluding hydrogens is 324 g/mol. The van der Waals surface area contributed by atoms with Crippen LogP contribution in [0.1, 0.15) is 24.5 Å². The Kier molecular flexibility index (Phi) is 5.52. The average Bonchev–Trinajstić information content (AvgIpc) is 2.66. The number of hydrogen-bond donors (Lipinski definition) is 2. The molecule has 3 rings (SSSR count). The van der Waals surface area contributed by atoms with Gasteiger partial charge < -0.3 is 10.6 Å². The predicted molar refractivity (Wildman–Crippen MR) is 105 cm³/mol. The van der Waals surface area contributed by atoms with Gasteiger partial charge >= 0.3 is 0 Å². The second kappa shape index (κ2) is 7.83. The first-order chi connectivity index (χ1) is 12.5. The third kappa shape index (κ3) is 3.70. The second-order valence-electron chi connectivity index (χ2n) is 7.03. The molecule has 2 unspecified atom stereocenters. The Morgan fingerprint density at radius 3 is 2.77 bits per heavy atom. The van der Waals surface area contributed by atoms with Gasteiger partial charge in [0.2, 0.25) is 5.91 Å². The topological polar surface area (TPSA) is 58.2 Å². The molecule has 2 aromatic carbocycles. The van der Waals surface area contributed by atoms with E-state index >= 15 is 0 Å². The van der Waals surface area contributed by atoms with E-state index in [1.165, 1.54) is 21.9 Å². The summed E-state index contributed by atoms with van der Waals surface area (Å²) in [6, 6.07) is 11.8. The molecule has 3 atom stereocenters. The van der Waals surface area contributed by atoms with Crippen LogP contribution >= 0.6 is 0 Å². The lowest BCUT2D eigenvalue weighted by molar-refractivity contribution is -0.130. The molecule has 0 aliphatic heterocycles. The van der Waals surface area contributed by atoms with Crippen molar-refractivity contribution in [2.75, 3.05) is 7.05 Å². The fourth-order valence-electron chi connectivity index (χ4n) is 3.51. The van der Waals surface area contributed by atoms with Crippen LogP contribution in [-0.4, -0.2) is 30.8 Å². The summed E-state index contributed by atoms with van der Waals surface area (Å²) < 4.78 is 0. The lowest BCUT2D eigenvalue weighted by atomic mass is 9.83. The largest absolute Gasteiger partial charge is 0.345 e. The molecule has 2 N–H and O–H groups in total. The van der Waals surface area contributed by atoms with Crippen molar-refractivity contribution in [2.24, 2.45) is 5.92 Å². The summed E-state index contributed by atoms with van der Waals surface area (Å²) in [6.07, 6.45) is 5.23. The smallest absolute Gasteiger partial charge is 0.237 e. The molecule has 2 aromatic rings. The van der Waals surface area contributed by atoms with E-state index in [9.17, 15) is 9.59 Å². The Labute approximate surface area is 154 Å². The number of fused-ring (bicyclic) bond motifs is 1. The molecule has 0 fully saturated rings. The Hall–Kier alpha value is -2.46. The van der Waals surface area contributed by atoms with E-state index in [-0.39, 0.29) is 23.7 Å². The number of Topliss-reactive ketones (excluding diaryl/α,β-unsaturated/α-hetero) is 1. The molecular formula is C22H26N2O2. The van der Waals surface area contributed by atoms with E-state index in [4.69, 9.17) is 0 Å². The van der Waals surface area contributed by atoms with E-state index in [1.54, 1.807) is 14.0 Å². The van der Waals surface area contributed by atoms with E-state index in [0.717, 1.165) is 0 Å². The van der Waals surface area contributed by atoms with Crippen molar-refractivity contribution in [1.82, 2.24) is 10.6 Å². The molecule has 0 saturated heterocycles. The minimum Gasteiger partial charge on any atom is -0.345 e. The fraction of sp³-hybridized carbons (Fsp3) is 0.364. The number of benzene rings is 2. The molecule has 0 saturated carbocycles. The van der Waals surface area contributed by atoms with Crippen molar-refractivity contribution in [3.05, 3.63) is 59.7 Å². The normalized spacial score (nSPS) is 21.0. The summed E-state index contributed by atoms with van der Waals surface area (Å²) in [5, 5.41) is 8.18. The summed E-state index contributed by atoms with van der Waals surface area (Å²) in [6.45, 7) is 3.88. The van der Waals surface area contributed by atoms with Crippen molar-refractivity contribution in [3.8, 4) is 0 Å². The number of ketones is 1. The zero-order valence-corrected chi connectivity index (χ0v) is 15.6. The first-order valence-electron chi connectivity index (χ1n) is 9.16. The Bertz CT molecular complexity index is 856. The van der Waals surface area contributed by atoms with E-state index in [2.05, 4.69) is 41.8 Å². The quantitative estimate of drug-likeness (QED) is 0.815. The van der Waals surface area contributed by atoms with Gasteiger partial charge in [-0.15, -0.1) is 0 Å². The van der Waals surface area contributed by atoms with E-state index in [0.29, 0.717) is 12.8 Å². The number of carbonyl (C=O) groups excluding carboxylic acids is 2. The van der Waals surface area contributed by atoms with Crippen LogP contribution < -0.4 is 10.6 Å². The molecule has 0 spiro atoms. The van der Waals surface area contributed by atoms with Crippen molar-refractivity contribution in [3.63, 3.8) is 0 Å². The van der Waals surface area contributed by atoms with Crippen molar-refractivity contribution in [2.45, 2.75) is 38.8 Å². The zero-order valence-electron chi connectivity index (χ0n) is 15.6. The molecule has 1 amide bonds. The lowest BCUT2D eigenvalue weighted by Gasteiger charge is -2.26. The van der Waals surface area contributed by atoms with Crippen LogP contribution in [0.5, 0.6) is 0 Å². The summed E-state index contributed by atoms with van der Waals surface area (Å²) in [5.74, 6) is -0.249. The van der Waals surface area contributed by atoms with Gasteiger partial charge in [-0.25, -0.2) is 0 Å². The van der Waals surface area contributed by atoms with E-state index in [1.807, 2.05) is 24.3 Å². The van der Waals surface area contributed by atoms with Crippen LogP contribution in [-0.2, 0) is 16.0 Å². The van der Waals surface area contributed by atoms with Gasteiger partial charge in [0, 0.05) is 5.92 Å². The number of rotatable bonds is 5. The van der Waals surface area contributed by atoms with Gasteiger partial charge in [0.1, 0.15) is 0 Å². The summed E-state index contributed by atoms with van der Waals surface area (Å²) in [4.78, 5) is 25.1. The van der Waals surface area contributed by atoms with Crippen LogP contribution in [0.3, 0.4) is 0 Å². The highest BCUT2D eigenvalue weighted by Gasteiger charge is 2.30. The first-order valence-corrected chi connectivity index (χ1v) is 9.16. The minimum atomic E-state index is -0.441. The molecule has 0 aromatic heterocycles. The minimum absolute atomic E-state index is 0.0940. The van der Waals surface area contributed by atoms with Crippen LogP contribution in [0, 0.1) is 12.8 Å². The van der Waals surface area contributed by atoms with Gasteiger partial charge in [-0.2, -0.15) is 0 Å². The second-order valence-corrected chi connectivity index (χ2v) is 7.03. The highest BCUT2D eigenvalue weighted by atomic mass is 16.2. The van der Waals surface area contributed by atoms with E-state index < -0.39 is 6.04 Å². The van der Waals surface area contributed by atoms with Gasteiger partial charge in [0.05, 0.1) is 12.1 Å². The molecule has 1 aliphatic rings. The standard InChI is InChI=1S/C22H26N2O2/c1-14-11-12-16-7-4-5-9-18(16)19(14)13-17-8-6-10-20(21(17)25)24-22(26)15(2)23-3/h4-9,11-12,15,17,20,23H,10,13H2,1-3H3,(H,24,26)/t15-,17?,20?/m0/s1. The lowest BCUT2D eigenvalue weighted by Crippen LogP contribution is -2.50. The Morgan fingerprint density at radius 2 is 2.00 bits per heavy atom. The summed E-state index contributed by atoms with van der Waals surface area (Å²) in [7, 11) is 1.74. The maximum Gasteiger partial charge on any atom is 0.237 e. The molecule has 0 heterocycles. The molecule has 26 heavy (non-hydrogen) atoms. The van der Waals surface area contributed by atoms with Crippen molar-refractivity contribution >= 4 is 22.5 Å². The number of aryl methyl sites for hydroxylation is 1. The highest BCUT2D eigenvalue weighted by Crippen LogP contribution is 2.27. The predicted octanol–water partition coefficient (Wildman–Crippen LogP) is 2.93. The van der Waals surface area contributed by atoms with Crippen LogP contribution in [0.25, 0.3) is 10.8 Å². The van der Waals surface area contributed by atoms with Crippen molar-refractivity contribution in [1.29, 1.82) is 0 Å². The molecule has 1 aliphatic carbocycles. The number of hydrogen-bond acceptors (Lipinski definition) is 3. The monoisotopic (exact) mass is 350 g/mol. The molecule has 4 nitrogen and oxygen atoms in total. The van der Waals surface area contributed by atoms with Crippen LogP contribution in [0.4, 0.5) is 0 Å². The van der Waals surface area contributed by atoms with Gasteiger partial charge in [0.15, 0.2) is 5.78 Å². The maximum atomic E-state index is 12.9. The number of amides is 1. The SMILES string of the molecule is CN[C@@H](C)C(=O)NC1CC=CC(Cc2c(C)ccc3ccccc23)C1=O. The van der Waals surface area contributed by atoms with Crippen LogP contribution in [0.15, 0.2) is 48.6 Å². The average molecular weight is 350 g/mol. The van der Waals surface area contributed by atoms with Gasteiger partial charge in [-0.1, -0.05) is 48.6 Å². The zero-order chi connectivity index (χ0) is 18.7. The summed E-state index contributed by atoms with van der Waals surface area (Å²) >= 11 is 0. The molecule has 4 heteroatoms. The van der Waals surface area contributed by atoms with Crippen molar-refractivity contribution < 1.29 is 9.59 Å². The summed E-state index contributed by atoms with van der Waals surface area (Å²) in [5.41, 5.74) is 2.40. The third-order valence-electron chi connectivity index (χ3n) is 5.29. The van der Waals surface area contributed by atoms with Gasteiger partial charge in [-0.05, 0) is 55.6 Å². The number of allylic oxidation sites excluding steroid dienone is 1. The van der Waals surface area contributed by atoms with Crippen LogP contribution in [0.2, 0.25) is 0 Å². The molecule has 0 radical (unpaired) electrons. The highest BCUT2D eigenvalue weighted by molar-refractivity contribution is 5.94. The Balaban J connectivity index is 1.82. The number of nitrogens with one attached hydrogen (secondary N) is 2. The first kappa shape index (κ1) is 18.3. The molecule has 136 valence electrons. The number of likely N-dealkylation sites (N-methyl/N-ethyl adjacent to an activating group) is 1. The Morgan fingerprint density at radius 1 is 1.23 bits per heavy atom. The third-order valence-corrected chi connectivity index (χ3v) is 5.29. The maximum absolute atomic E-state index is 12.9. The molecule has 0 bridgehead atoms. The van der Waals surface area contributed by atoms with Gasteiger partial charge in [0.25, 0.3) is 0 Å². The van der Waals surface area contributed by atoms with Gasteiger partial charge in [-0.3, -0.25) is 9.59 Å². The number of carbonyl (C=O) groups is 2.